The highest BCUT2D eigenvalue weighted by atomic mass is 19.1. The van der Waals surface area contributed by atoms with Crippen molar-refractivity contribution in [1.82, 2.24) is 0 Å². The van der Waals surface area contributed by atoms with Crippen molar-refractivity contribution in [2.24, 2.45) is 0 Å². The van der Waals surface area contributed by atoms with Crippen LogP contribution in [0.5, 0.6) is 0 Å². The zero-order valence-corrected chi connectivity index (χ0v) is 9.57. The summed E-state index contributed by atoms with van der Waals surface area (Å²) in [6, 6.07) is 15.4. The van der Waals surface area contributed by atoms with Gasteiger partial charge in [-0.25, -0.2) is 4.39 Å². The normalized spacial score (nSPS) is 18.8. The lowest BCUT2D eigenvalue weighted by atomic mass is 9.80. The zero-order chi connectivity index (χ0) is 11.7. The number of fused-ring (bicyclic) bond motifs is 1. The molecule has 0 bridgehead atoms. The summed E-state index contributed by atoms with van der Waals surface area (Å²) in [6.07, 6.45) is 4.37. The summed E-state index contributed by atoms with van der Waals surface area (Å²) < 4.78 is 12.9. The van der Waals surface area contributed by atoms with Gasteiger partial charge in [0.25, 0.3) is 0 Å². The van der Waals surface area contributed by atoms with Crippen LogP contribution in [0.2, 0.25) is 0 Å². The topological polar surface area (TPSA) is 0 Å². The minimum Gasteiger partial charge on any atom is -0.207 e. The van der Waals surface area contributed by atoms with Gasteiger partial charge in [-0.15, -0.1) is 0 Å². The average Bonchev–Trinajstić information content (AvgIpc) is 2.39. The van der Waals surface area contributed by atoms with Crippen LogP contribution in [0.3, 0.4) is 0 Å². The van der Waals surface area contributed by atoms with Gasteiger partial charge >= 0.3 is 0 Å². The van der Waals surface area contributed by atoms with Crippen LogP contribution in [-0.4, -0.2) is 0 Å². The van der Waals surface area contributed by atoms with Gasteiger partial charge in [-0.05, 0) is 54.0 Å². The fourth-order valence-corrected chi connectivity index (χ4v) is 2.51. The smallest absolute Gasteiger partial charge is 0.123 e. The summed E-state index contributed by atoms with van der Waals surface area (Å²) in [5.74, 6) is 0.260. The standard InChI is InChI=1S/C16H14F/c17-16-9-7-13(8-10-16)15-6-5-12-3-1-2-4-14(12)11-15/h1-4,6-10,15H,5,11H2. The molecule has 2 aromatic carbocycles. The van der Waals surface area contributed by atoms with Gasteiger partial charge < -0.3 is 0 Å². The maximum Gasteiger partial charge on any atom is 0.123 e. The van der Waals surface area contributed by atoms with Crippen LogP contribution in [0, 0.1) is 12.2 Å². The second-order valence-electron chi connectivity index (χ2n) is 4.57. The van der Waals surface area contributed by atoms with Crippen molar-refractivity contribution >= 4 is 0 Å². The molecule has 85 valence electrons. The van der Waals surface area contributed by atoms with Crippen molar-refractivity contribution in [1.29, 1.82) is 0 Å². The van der Waals surface area contributed by atoms with Crippen LogP contribution in [0.1, 0.15) is 22.6 Å². The van der Waals surface area contributed by atoms with Gasteiger partial charge in [0.15, 0.2) is 0 Å². The Morgan fingerprint density at radius 1 is 0.882 bits per heavy atom. The number of hydrogen-bond acceptors (Lipinski definition) is 0. The molecular weight excluding hydrogens is 211 g/mol. The van der Waals surface area contributed by atoms with Gasteiger partial charge in [0.05, 0.1) is 0 Å². The Labute approximate surface area is 101 Å². The summed E-state index contributed by atoms with van der Waals surface area (Å²) in [5, 5.41) is 0. The van der Waals surface area contributed by atoms with E-state index < -0.39 is 0 Å². The molecule has 0 aliphatic heterocycles. The molecule has 1 atom stereocenters. The highest BCUT2D eigenvalue weighted by Crippen LogP contribution is 2.31. The van der Waals surface area contributed by atoms with Crippen molar-refractivity contribution in [3.63, 3.8) is 0 Å². The van der Waals surface area contributed by atoms with E-state index in [1.54, 1.807) is 12.1 Å². The molecule has 1 aliphatic rings. The van der Waals surface area contributed by atoms with E-state index in [0.717, 1.165) is 12.8 Å². The number of benzene rings is 2. The fourth-order valence-electron chi connectivity index (χ4n) is 2.51. The first kappa shape index (κ1) is 10.5. The molecule has 0 saturated heterocycles. The van der Waals surface area contributed by atoms with Gasteiger partial charge in [-0.2, -0.15) is 0 Å². The highest BCUT2D eigenvalue weighted by Gasteiger charge is 2.19. The lowest BCUT2D eigenvalue weighted by Crippen LogP contribution is -2.13. The minimum absolute atomic E-state index is 0.162. The van der Waals surface area contributed by atoms with E-state index >= 15 is 0 Å². The van der Waals surface area contributed by atoms with Gasteiger partial charge in [0.1, 0.15) is 5.82 Å². The fraction of sp³-hybridized carbons (Fsp3) is 0.188. The van der Waals surface area contributed by atoms with E-state index in [0.29, 0.717) is 5.92 Å². The molecule has 1 heteroatoms. The monoisotopic (exact) mass is 225 g/mol. The molecule has 2 aromatic rings. The Bertz CT molecular complexity index is 513. The molecule has 0 saturated carbocycles. The van der Waals surface area contributed by atoms with Gasteiger partial charge in [-0.3, -0.25) is 0 Å². The van der Waals surface area contributed by atoms with E-state index in [4.69, 9.17) is 0 Å². The third-order valence-electron chi connectivity index (χ3n) is 3.48. The Morgan fingerprint density at radius 3 is 2.35 bits per heavy atom. The number of rotatable bonds is 1. The van der Waals surface area contributed by atoms with Crippen LogP contribution >= 0.6 is 0 Å². The van der Waals surface area contributed by atoms with Crippen molar-refractivity contribution < 1.29 is 4.39 Å². The Balaban J connectivity index is 1.86. The predicted octanol–water partition coefficient (Wildman–Crippen LogP) is 3.91. The maximum absolute atomic E-state index is 12.9. The van der Waals surface area contributed by atoms with Crippen molar-refractivity contribution in [2.45, 2.75) is 18.8 Å². The minimum atomic E-state index is -0.162. The first-order valence-corrected chi connectivity index (χ1v) is 5.98. The largest absolute Gasteiger partial charge is 0.207 e. The van der Waals surface area contributed by atoms with Crippen molar-refractivity contribution in [3.05, 3.63) is 77.5 Å². The average molecular weight is 225 g/mol. The molecule has 0 aromatic heterocycles. The van der Waals surface area contributed by atoms with Crippen LogP contribution in [-0.2, 0) is 12.8 Å². The first-order valence-electron chi connectivity index (χ1n) is 5.98. The third kappa shape index (κ3) is 2.10. The van der Waals surface area contributed by atoms with E-state index in [2.05, 4.69) is 30.7 Å². The van der Waals surface area contributed by atoms with Crippen LogP contribution in [0.25, 0.3) is 0 Å². The Hall–Kier alpha value is -1.63. The maximum atomic E-state index is 12.9. The molecule has 0 amide bonds. The zero-order valence-electron chi connectivity index (χ0n) is 9.57. The molecule has 1 unspecified atom stereocenters. The van der Waals surface area contributed by atoms with E-state index in [1.807, 2.05) is 12.1 Å². The quantitative estimate of drug-likeness (QED) is 0.690. The van der Waals surface area contributed by atoms with Crippen LogP contribution in [0.15, 0.2) is 48.5 Å². The molecular formula is C16H14F. The van der Waals surface area contributed by atoms with Gasteiger partial charge in [0.2, 0.25) is 0 Å². The molecule has 1 radical (unpaired) electrons. The van der Waals surface area contributed by atoms with Crippen molar-refractivity contribution in [3.8, 4) is 0 Å². The van der Waals surface area contributed by atoms with Crippen LogP contribution in [0.4, 0.5) is 4.39 Å². The molecule has 17 heavy (non-hydrogen) atoms. The molecule has 0 fully saturated rings. The van der Waals surface area contributed by atoms with Gasteiger partial charge in [-0.1, -0.05) is 36.4 Å². The molecule has 3 rings (SSSR count). The number of hydrogen-bond donors (Lipinski definition) is 0. The summed E-state index contributed by atoms with van der Waals surface area (Å²) in [4.78, 5) is 0. The lowest BCUT2D eigenvalue weighted by molar-refractivity contribution is 0.624. The van der Waals surface area contributed by atoms with E-state index in [-0.39, 0.29) is 5.82 Å². The van der Waals surface area contributed by atoms with E-state index in [1.165, 1.54) is 16.7 Å². The second-order valence-corrected chi connectivity index (χ2v) is 4.57. The lowest BCUT2D eigenvalue weighted by Gasteiger charge is -2.24. The summed E-state index contributed by atoms with van der Waals surface area (Å²) in [7, 11) is 0. The first-order chi connectivity index (χ1) is 8.33. The Morgan fingerprint density at radius 2 is 1.59 bits per heavy atom. The van der Waals surface area contributed by atoms with Gasteiger partial charge in [0, 0.05) is 0 Å². The van der Waals surface area contributed by atoms with E-state index in [9.17, 15) is 4.39 Å². The second kappa shape index (κ2) is 4.33. The third-order valence-corrected chi connectivity index (χ3v) is 3.48. The van der Waals surface area contributed by atoms with Crippen LogP contribution < -0.4 is 0 Å². The summed E-state index contributed by atoms with van der Waals surface area (Å²) >= 11 is 0. The highest BCUT2D eigenvalue weighted by molar-refractivity contribution is 5.37. The molecule has 0 nitrogen and oxygen atoms in total. The summed E-state index contributed by atoms with van der Waals surface area (Å²) in [6.45, 7) is 0. The SMILES string of the molecule is Fc1ccc(C2[CH]Cc3ccccc3C2)cc1. The summed E-state index contributed by atoms with van der Waals surface area (Å²) in [5.41, 5.74) is 4.05. The Kier molecular flexibility index (Phi) is 2.68. The molecule has 1 aliphatic carbocycles. The predicted molar refractivity (Wildman–Crippen MR) is 67.3 cm³/mol. The number of halogens is 1. The molecule has 0 spiro atoms. The molecule has 0 heterocycles. The molecule has 0 N–H and O–H groups in total. The van der Waals surface area contributed by atoms with Crippen molar-refractivity contribution in [2.75, 3.05) is 0 Å².